The van der Waals surface area contributed by atoms with Gasteiger partial charge in [0.1, 0.15) is 17.7 Å². The average molecular weight is 530 g/mol. The molecule has 0 aliphatic carbocycles. The van der Waals surface area contributed by atoms with Crippen molar-refractivity contribution in [2.75, 3.05) is 11.9 Å². The minimum atomic E-state index is -0.940. The van der Waals surface area contributed by atoms with E-state index in [4.69, 9.17) is 16.3 Å². The molecule has 37 heavy (non-hydrogen) atoms. The molecule has 8 heteroatoms. The van der Waals surface area contributed by atoms with Crippen molar-refractivity contribution < 1.29 is 19.1 Å². The first-order valence-corrected chi connectivity index (χ1v) is 13.0. The Hall–Kier alpha value is -3.06. The molecule has 2 aromatic rings. The van der Waals surface area contributed by atoms with E-state index >= 15 is 0 Å². The van der Waals surface area contributed by atoms with E-state index in [1.54, 1.807) is 26.8 Å². The number of hydrogen-bond donors (Lipinski definition) is 2. The zero-order valence-corrected chi connectivity index (χ0v) is 23.9. The number of anilines is 1. The molecule has 0 heterocycles. The van der Waals surface area contributed by atoms with Gasteiger partial charge in [0.15, 0.2) is 0 Å². The van der Waals surface area contributed by atoms with Crippen LogP contribution < -0.4 is 10.6 Å². The number of halogens is 1. The van der Waals surface area contributed by atoms with Crippen molar-refractivity contribution in [3.63, 3.8) is 0 Å². The van der Waals surface area contributed by atoms with Crippen LogP contribution in [0.5, 0.6) is 0 Å². The predicted octanol–water partition coefficient (Wildman–Crippen LogP) is 6.42. The topological polar surface area (TPSA) is 87.7 Å². The van der Waals surface area contributed by atoms with Gasteiger partial charge in [0.2, 0.25) is 5.91 Å². The zero-order valence-electron chi connectivity index (χ0n) is 23.1. The number of carbonyl (C=O) groups excluding carboxylic acids is 3. The third-order valence-corrected chi connectivity index (χ3v) is 6.15. The molecule has 2 unspecified atom stereocenters. The predicted molar refractivity (Wildman–Crippen MR) is 149 cm³/mol. The summed E-state index contributed by atoms with van der Waals surface area (Å²) in [7, 11) is 0. The lowest BCUT2D eigenvalue weighted by Gasteiger charge is -2.35. The molecule has 2 aromatic carbocycles. The first kappa shape index (κ1) is 30.2. The van der Waals surface area contributed by atoms with Crippen molar-refractivity contribution in [3.05, 3.63) is 64.2 Å². The molecule has 0 aliphatic rings. The van der Waals surface area contributed by atoms with Crippen LogP contribution in [0.2, 0.25) is 5.02 Å². The van der Waals surface area contributed by atoms with Gasteiger partial charge in [0, 0.05) is 6.54 Å². The van der Waals surface area contributed by atoms with Crippen LogP contribution in [0.15, 0.2) is 42.5 Å². The second-order valence-electron chi connectivity index (χ2n) is 10.6. The molecule has 0 bridgehead atoms. The minimum Gasteiger partial charge on any atom is -0.444 e. The largest absolute Gasteiger partial charge is 0.444 e. The number of rotatable bonds is 9. The Kier molecular flexibility index (Phi) is 10.6. The maximum atomic E-state index is 14.0. The van der Waals surface area contributed by atoms with Gasteiger partial charge >= 0.3 is 6.09 Å². The molecule has 0 radical (unpaired) electrons. The fraction of sp³-hybridized carbons (Fsp3) is 0.483. The van der Waals surface area contributed by atoms with Crippen LogP contribution in [0, 0.1) is 19.8 Å². The summed E-state index contributed by atoms with van der Waals surface area (Å²) in [4.78, 5) is 42.0. The van der Waals surface area contributed by atoms with Crippen LogP contribution >= 0.6 is 11.6 Å². The molecular formula is C29H40ClN3O4. The van der Waals surface area contributed by atoms with E-state index in [0.717, 1.165) is 11.1 Å². The standard InChI is InChI=1S/C29H40ClN3O4/c1-9-33(27(35)23(17-18(2)3)31-28(36)37-29(6,7)8)25(21-15-11-10-13-19(21)4)26(34)32-24-20(5)14-12-16-22(24)30/h10-16,18,23,25H,9,17H2,1-8H3,(H,31,36)(H,32,34). The van der Waals surface area contributed by atoms with Crippen LogP contribution in [0.1, 0.15) is 70.7 Å². The van der Waals surface area contributed by atoms with E-state index in [1.807, 2.05) is 71.0 Å². The Morgan fingerprint density at radius 2 is 1.62 bits per heavy atom. The molecule has 0 aromatic heterocycles. The summed E-state index contributed by atoms with van der Waals surface area (Å²) in [6, 6.07) is 11.0. The second-order valence-corrected chi connectivity index (χ2v) is 11.0. The quantitative estimate of drug-likeness (QED) is 0.392. The summed E-state index contributed by atoms with van der Waals surface area (Å²) in [6.07, 6.45) is -0.286. The molecule has 2 rings (SSSR count). The monoisotopic (exact) mass is 529 g/mol. The first-order valence-electron chi connectivity index (χ1n) is 12.7. The highest BCUT2D eigenvalue weighted by atomic mass is 35.5. The summed E-state index contributed by atoms with van der Waals surface area (Å²) >= 11 is 6.39. The zero-order chi connectivity index (χ0) is 27.9. The summed E-state index contributed by atoms with van der Waals surface area (Å²) in [5, 5.41) is 6.10. The third kappa shape index (κ3) is 8.49. The van der Waals surface area contributed by atoms with Gasteiger partial charge in [-0.2, -0.15) is 0 Å². The summed E-state index contributed by atoms with van der Waals surface area (Å²) < 4.78 is 5.42. The van der Waals surface area contributed by atoms with Crippen LogP contribution in [0.25, 0.3) is 0 Å². The molecule has 0 aliphatic heterocycles. The molecule has 0 spiro atoms. The van der Waals surface area contributed by atoms with Crippen molar-refractivity contribution in [1.29, 1.82) is 0 Å². The number of nitrogens with zero attached hydrogens (tertiary/aromatic N) is 1. The van der Waals surface area contributed by atoms with Gasteiger partial charge in [-0.25, -0.2) is 4.79 Å². The number of ether oxygens (including phenoxy) is 1. The number of benzene rings is 2. The van der Waals surface area contributed by atoms with Gasteiger partial charge in [-0.05, 0) is 76.6 Å². The molecule has 2 atom stereocenters. The number of para-hydroxylation sites is 1. The number of likely N-dealkylation sites (N-methyl/N-ethyl adjacent to an activating group) is 1. The highest BCUT2D eigenvalue weighted by Gasteiger charge is 2.36. The number of amides is 3. The van der Waals surface area contributed by atoms with Gasteiger partial charge in [0.05, 0.1) is 10.7 Å². The SMILES string of the molecule is CCN(C(=O)C(CC(C)C)NC(=O)OC(C)(C)C)C(C(=O)Nc1c(C)cccc1Cl)c1ccccc1C. The van der Waals surface area contributed by atoms with Crippen molar-refractivity contribution >= 4 is 35.2 Å². The highest BCUT2D eigenvalue weighted by molar-refractivity contribution is 6.34. The third-order valence-electron chi connectivity index (χ3n) is 5.83. The molecule has 202 valence electrons. The summed E-state index contributed by atoms with van der Waals surface area (Å²) in [5.74, 6) is -0.637. The van der Waals surface area contributed by atoms with E-state index < -0.39 is 23.8 Å². The number of carbonyl (C=O) groups is 3. The van der Waals surface area contributed by atoms with Gasteiger partial charge in [-0.3, -0.25) is 9.59 Å². The van der Waals surface area contributed by atoms with Crippen LogP contribution in [0.3, 0.4) is 0 Å². The summed E-state index contributed by atoms with van der Waals surface area (Å²) in [5.41, 5.74) is 2.16. The molecule has 0 saturated carbocycles. The van der Waals surface area contributed by atoms with Crippen molar-refractivity contribution in [3.8, 4) is 0 Å². The highest BCUT2D eigenvalue weighted by Crippen LogP contribution is 2.30. The lowest BCUT2D eigenvalue weighted by molar-refractivity contribution is -0.140. The van der Waals surface area contributed by atoms with E-state index in [1.165, 1.54) is 4.90 Å². The fourth-order valence-electron chi connectivity index (χ4n) is 4.13. The fourth-order valence-corrected chi connectivity index (χ4v) is 4.40. The number of hydrogen-bond acceptors (Lipinski definition) is 4. The lowest BCUT2D eigenvalue weighted by atomic mass is 9.96. The molecule has 2 N–H and O–H groups in total. The molecular weight excluding hydrogens is 490 g/mol. The van der Waals surface area contributed by atoms with Crippen LogP contribution in [-0.4, -0.2) is 41.0 Å². The van der Waals surface area contributed by atoms with E-state index in [9.17, 15) is 14.4 Å². The normalized spacial score (nSPS) is 13.0. The smallest absolute Gasteiger partial charge is 0.408 e. The van der Waals surface area contributed by atoms with Crippen molar-refractivity contribution in [2.24, 2.45) is 5.92 Å². The van der Waals surface area contributed by atoms with E-state index in [0.29, 0.717) is 22.7 Å². The van der Waals surface area contributed by atoms with Crippen LogP contribution in [-0.2, 0) is 14.3 Å². The maximum Gasteiger partial charge on any atom is 0.408 e. The van der Waals surface area contributed by atoms with Crippen LogP contribution in [0.4, 0.5) is 10.5 Å². The Labute approximate surface area is 225 Å². The van der Waals surface area contributed by atoms with Gasteiger partial charge < -0.3 is 20.3 Å². The summed E-state index contributed by atoms with van der Waals surface area (Å²) in [6.45, 7) is 15.1. The minimum absolute atomic E-state index is 0.110. The number of nitrogens with one attached hydrogen (secondary N) is 2. The Balaban J connectivity index is 2.50. The first-order chi connectivity index (χ1) is 17.2. The van der Waals surface area contributed by atoms with E-state index in [-0.39, 0.29) is 24.3 Å². The van der Waals surface area contributed by atoms with Crippen molar-refractivity contribution in [1.82, 2.24) is 10.2 Å². The van der Waals surface area contributed by atoms with Gasteiger partial charge in [0.25, 0.3) is 5.91 Å². The van der Waals surface area contributed by atoms with Gasteiger partial charge in [-0.15, -0.1) is 0 Å². The Morgan fingerprint density at radius 3 is 2.16 bits per heavy atom. The maximum absolute atomic E-state index is 14.0. The molecule has 3 amide bonds. The second kappa shape index (κ2) is 13.0. The van der Waals surface area contributed by atoms with Gasteiger partial charge in [-0.1, -0.05) is 61.8 Å². The lowest BCUT2D eigenvalue weighted by Crippen LogP contribution is -2.52. The Morgan fingerprint density at radius 1 is 1.00 bits per heavy atom. The molecule has 0 fully saturated rings. The van der Waals surface area contributed by atoms with Crippen molar-refractivity contribution in [2.45, 2.75) is 79.5 Å². The van der Waals surface area contributed by atoms with E-state index in [2.05, 4.69) is 10.6 Å². The molecule has 7 nitrogen and oxygen atoms in total. The average Bonchev–Trinajstić information content (AvgIpc) is 2.78. The number of aryl methyl sites for hydroxylation is 2. The molecule has 0 saturated heterocycles. The Bertz CT molecular complexity index is 1090. The number of alkyl carbamates (subject to hydrolysis) is 1.